The topological polar surface area (TPSA) is 86.8 Å². The average Bonchev–Trinajstić information content (AvgIpc) is 2.82. The zero-order valence-corrected chi connectivity index (χ0v) is 23.3. The first-order valence-electron chi connectivity index (χ1n) is 12.6. The number of carbonyl (C=O) groups excluding carboxylic acids is 2. The molecule has 2 rings (SSSR count). The number of carbonyl (C=O) groups is 2. The molecule has 0 aliphatic heterocycles. The quantitative estimate of drug-likeness (QED) is 0.428. The molecule has 2 aromatic carbocycles. The molecule has 0 radical (unpaired) electrons. The van der Waals surface area contributed by atoms with Gasteiger partial charge in [0.1, 0.15) is 6.04 Å². The van der Waals surface area contributed by atoms with Crippen LogP contribution in [-0.2, 0) is 26.2 Å². The maximum Gasteiger partial charge on any atom is 0.242 e. The smallest absolute Gasteiger partial charge is 0.242 e. The van der Waals surface area contributed by atoms with Crippen molar-refractivity contribution in [3.63, 3.8) is 0 Å². The van der Waals surface area contributed by atoms with Crippen LogP contribution in [0.3, 0.4) is 0 Å². The zero-order chi connectivity index (χ0) is 26.9. The van der Waals surface area contributed by atoms with E-state index in [0.29, 0.717) is 37.5 Å². The molecule has 0 spiro atoms. The SMILES string of the molecule is CCC(C(=O)NCC(C)C)N(Cc1ccccc1)C(=O)CCCN(c1cccc(C)c1C)S(C)(=O)=O. The van der Waals surface area contributed by atoms with Crippen molar-refractivity contribution in [1.82, 2.24) is 10.2 Å². The highest BCUT2D eigenvalue weighted by Crippen LogP contribution is 2.25. The lowest BCUT2D eigenvalue weighted by Crippen LogP contribution is -2.49. The highest BCUT2D eigenvalue weighted by molar-refractivity contribution is 7.92. The average molecular weight is 516 g/mol. The Balaban J connectivity index is 2.21. The van der Waals surface area contributed by atoms with Gasteiger partial charge in [-0.2, -0.15) is 0 Å². The van der Waals surface area contributed by atoms with Crippen molar-refractivity contribution in [3.8, 4) is 0 Å². The third kappa shape index (κ3) is 8.36. The molecule has 0 aliphatic carbocycles. The van der Waals surface area contributed by atoms with E-state index in [-0.39, 0.29) is 24.8 Å². The molecular weight excluding hydrogens is 474 g/mol. The van der Waals surface area contributed by atoms with Crippen LogP contribution in [0.25, 0.3) is 0 Å². The maximum absolute atomic E-state index is 13.5. The highest BCUT2D eigenvalue weighted by atomic mass is 32.2. The third-order valence-corrected chi connectivity index (χ3v) is 7.44. The summed E-state index contributed by atoms with van der Waals surface area (Å²) in [4.78, 5) is 28.1. The molecular formula is C28H41N3O4S. The summed E-state index contributed by atoms with van der Waals surface area (Å²) in [6.45, 7) is 10.8. The van der Waals surface area contributed by atoms with E-state index in [4.69, 9.17) is 0 Å². The third-order valence-electron chi connectivity index (χ3n) is 6.26. The summed E-state index contributed by atoms with van der Waals surface area (Å²) in [6, 6.07) is 14.6. The van der Waals surface area contributed by atoms with Crippen LogP contribution in [0.4, 0.5) is 5.69 Å². The fraction of sp³-hybridized carbons (Fsp3) is 0.500. The number of hydrogen-bond donors (Lipinski definition) is 1. The van der Waals surface area contributed by atoms with E-state index in [1.54, 1.807) is 11.0 Å². The number of aryl methyl sites for hydroxylation is 1. The van der Waals surface area contributed by atoms with Gasteiger partial charge < -0.3 is 10.2 Å². The molecule has 0 saturated heterocycles. The number of rotatable bonds is 13. The lowest BCUT2D eigenvalue weighted by molar-refractivity contribution is -0.141. The molecule has 0 fully saturated rings. The van der Waals surface area contributed by atoms with Gasteiger partial charge in [0, 0.05) is 26.1 Å². The van der Waals surface area contributed by atoms with Crippen molar-refractivity contribution in [2.75, 3.05) is 23.7 Å². The van der Waals surface area contributed by atoms with E-state index in [1.165, 1.54) is 10.6 Å². The number of sulfonamides is 1. The minimum Gasteiger partial charge on any atom is -0.354 e. The van der Waals surface area contributed by atoms with Crippen LogP contribution >= 0.6 is 0 Å². The first kappa shape index (κ1) is 29.4. The van der Waals surface area contributed by atoms with Crippen LogP contribution in [0, 0.1) is 19.8 Å². The summed E-state index contributed by atoms with van der Waals surface area (Å²) in [7, 11) is -3.53. The van der Waals surface area contributed by atoms with Crippen molar-refractivity contribution < 1.29 is 18.0 Å². The number of amides is 2. The Morgan fingerprint density at radius 3 is 2.25 bits per heavy atom. The first-order chi connectivity index (χ1) is 17.0. The molecule has 0 aromatic heterocycles. The molecule has 0 aliphatic rings. The van der Waals surface area contributed by atoms with Gasteiger partial charge >= 0.3 is 0 Å². The largest absolute Gasteiger partial charge is 0.354 e. The van der Waals surface area contributed by atoms with Crippen molar-refractivity contribution in [2.24, 2.45) is 5.92 Å². The van der Waals surface area contributed by atoms with Crippen LogP contribution in [-0.4, -0.2) is 50.5 Å². The summed E-state index contributed by atoms with van der Waals surface area (Å²) in [5.41, 5.74) is 3.47. The molecule has 1 atom stereocenters. The van der Waals surface area contributed by atoms with Crippen LogP contribution in [0.5, 0.6) is 0 Å². The van der Waals surface area contributed by atoms with Gasteiger partial charge in [0.15, 0.2) is 0 Å². The Bertz CT molecular complexity index is 1120. The van der Waals surface area contributed by atoms with Gasteiger partial charge in [0.05, 0.1) is 11.9 Å². The molecule has 8 heteroatoms. The van der Waals surface area contributed by atoms with E-state index < -0.39 is 16.1 Å². The molecule has 1 unspecified atom stereocenters. The molecule has 0 saturated carbocycles. The summed E-state index contributed by atoms with van der Waals surface area (Å²) < 4.78 is 26.6. The summed E-state index contributed by atoms with van der Waals surface area (Å²) in [5.74, 6) is -0.0276. The number of benzene rings is 2. The van der Waals surface area contributed by atoms with Crippen LogP contribution < -0.4 is 9.62 Å². The Hall–Kier alpha value is -2.87. The molecule has 2 aromatic rings. The van der Waals surface area contributed by atoms with E-state index in [2.05, 4.69) is 5.32 Å². The second-order valence-electron chi connectivity index (χ2n) is 9.73. The predicted molar refractivity (Wildman–Crippen MR) is 146 cm³/mol. The predicted octanol–water partition coefficient (Wildman–Crippen LogP) is 4.43. The number of nitrogens with zero attached hydrogens (tertiary/aromatic N) is 2. The highest BCUT2D eigenvalue weighted by Gasteiger charge is 2.29. The summed E-state index contributed by atoms with van der Waals surface area (Å²) in [5, 5.41) is 2.96. The van der Waals surface area contributed by atoms with Crippen LogP contribution in [0.1, 0.15) is 56.7 Å². The molecule has 36 heavy (non-hydrogen) atoms. The first-order valence-corrected chi connectivity index (χ1v) is 14.5. The van der Waals surface area contributed by atoms with E-state index in [1.807, 2.05) is 77.1 Å². The minimum absolute atomic E-state index is 0.137. The van der Waals surface area contributed by atoms with Gasteiger partial charge in [0.2, 0.25) is 21.8 Å². The standard InChI is InChI=1S/C28H41N3O4S/c1-7-25(28(33)29-19-21(2)3)30(20-24-14-9-8-10-15-24)27(32)17-12-18-31(36(6,34)35)26-16-11-13-22(4)23(26)5/h8-11,13-16,21,25H,7,12,17-20H2,1-6H3,(H,29,33). The Morgan fingerprint density at radius 1 is 1.00 bits per heavy atom. The van der Waals surface area contributed by atoms with Gasteiger partial charge in [-0.05, 0) is 55.4 Å². The molecule has 0 bridgehead atoms. The maximum atomic E-state index is 13.5. The van der Waals surface area contributed by atoms with E-state index in [0.717, 1.165) is 16.7 Å². The number of nitrogens with one attached hydrogen (secondary N) is 1. The normalized spacial score (nSPS) is 12.3. The lowest BCUT2D eigenvalue weighted by Gasteiger charge is -2.31. The zero-order valence-electron chi connectivity index (χ0n) is 22.5. The van der Waals surface area contributed by atoms with Gasteiger partial charge in [-0.3, -0.25) is 13.9 Å². The van der Waals surface area contributed by atoms with Crippen LogP contribution in [0.15, 0.2) is 48.5 Å². The minimum atomic E-state index is -3.53. The van der Waals surface area contributed by atoms with Gasteiger partial charge in [-0.25, -0.2) is 8.42 Å². The second-order valence-corrected chi connectivity index (χ2v) is 11.6. The molecule has 1 N–H and O–H groups in total. The van der Waals surface area contributed by atoms with Crippen molar-refractivity contribution >= 4 is 27.5 Å². The van der Waals surface area contributed by atoms with Crippen molar-refractivity contribution in [1.29, 1.82) is 0 Å². The fourth-order valence-corrected chi connectivity index (χ4v) is 5.13. The Kier molecular flexibility index (Phi) is 11.0. The monoisotopic (exact) mass is 515 g/mol. The van der Waals surface area contributed by atoms with E-state index >= 15 is 0 Å². The molecule has 0 heterocycles. The Labute approximate surface area is 216 Å². The number of anilines is 1. The molecule has 198 valence electrons. The van der Waals surface area contributed by atoms with Crippen LogP contribution in [0.2, 0.25) is 0 Å². The lowest BCUT2D eigenvalue weighted by atomic mass is 10.1. The molecule has 7 nitrogen and oxygen atoms in total. The second kappa shape index (κ2) is 13.4. The van der Waals surface area contributed by atoms with Crippen molar-refractivity contribution in [2.45, 2.75) is 66.5 Å². The summed E-state index contributed by atoms with van der Waals surface area (Å²) in [6.07, 6.45) is 2.15. The fourth-order valence-electron chi connectivity index (χ4n) is 4.11. The number of hydrogen-bond acceptors (Lipinski definition) is 4. The van der Waals surface area contributed by atoms with E-state index in [9.17, 15) is 18.0 Å². The van der Waals surface area contributed by atoms with Gasteiger partial charge in [-0.15, -0.1) is 0 Å². The van der Waals surface area contributed by atoms with Crippen molar-refractivity contribution in [3.05, 3.63) is 65.2 Å². The van der Waals surface area contributed by atoms with Gasteiger partial charge in [-0.1, -0.05) is 63.2 Å². The summed E-state index contributed by atoms with van der Waals surface area (Å²) >= 11 is 0. The Morgan fingerprint density at radius 2 is 1.67 bits per heavy atom. The van der Waals surface area contributed by atoms with Gasteiger partial charge in [0.25, 0.3) is 0 Å². The molecule has 2 amide bonds.